The Bertz CT molecular complexity index is 609. The number of nitrogens with one attached hydrogen (secondary N) is 1. The highest BCUT2D eigenvalue weighted by molar-refractivity contribution is 5.85. The predicted octanol–water partition coefficient (Wildman–Crippen LogP) is 3.42. The number of nitrogens with zero attached hydrogens (tertiary/aromatic N) is 1. The molecule has 138 valence electrons. The van der Waals surface area contributed by atoms with E-state index in [4.69, 9.17) is 4.74 Å². The van der Waals surface area contributed by atoms with E-state index < -0.39 is 0 Å². The molecule has 1 aromatic carbocycles. The van der Waals surface area contributed by atoms with Crippen LogP contribution in [0.25, 0.3) is 0 Å². The van der Waals surface area contributed by atoms with Crippen molar-refractivity contribution in [2.24, 2.45) is 17.8 Å². The number of methoxy groups -OCH3 is 1. The summed E-state index contributed by atoms with van der Waals surface area (Å²) in [5, 5.41) is 3.44. The number of para-hydroxylation sites is 1. The number of hydrogen-bond acceptors (Lipinski definition) is 3. The van der Waals surface area contributed by atoms with Gasteiger partial charge in [0.2, 0.25) is 5.91 Å². The summed E-state index contributed by atoms with van der Waals surface area (Å²) < 4.78 is 5.53. The SMILES string of the molecule is COc1ccccc1C1CNCCN1C(=O)CC1CC2CCC1C2.Cl. The van der Waals surface area contributed by atoms with Gasteiger partial charge in [0, 0.05) is 31.6 Å². The maximum absolute atomic E-state index is 13.1. The number of benzene rings is 1. The number of carbonyl (C=O) groups excluding carboxylic acids is 1. The number of halogens is 1. The Morgan fingerprint density at radius 2 is 2.12 bits per heavy atom. The number of ether oxygens (including phenoxy) is 1. The van der Waals surface area contributed by atoms with Crippen LogP contribution in [0.3, 0.4) is 0 Å². The Labute approximate surface area is 156 Å². The molecule has 1 heterocycles. The molecule has 2 saturated carbocycles. The molecule has 4 unspecified atom stereocenters. The van der Waals surface area contributed by atoms with E-state index in [-0.39, 0.29) is 18.4 Å². The summed E-state index contributed by atoms with van der Waals surface area (Å²) in [6, 6.07) is 8.18. The number of hydrogen-bond donors (Lipinski definition) is 1. The van der Waals surface area contributed by atoms with Gasteiger partial charge in [0.05, 0.1) is 13.2 Å². The molecular formula is C20H29ClN2O2. The van der Waals surface area contributed by atoms with Gasteiger partial charge in [-0.25, -0.2) is 0 Å². The lowest BCUT2D eigenvalue weighted by Crippen LogP contribution is -2.49. The second-order valence-electron chi connectivity index (χ2n) is 7.69. The van der Waals surface area contributed by atoms with E-state index in [0.29, 0.717) is 11.8 Å². The van der Waals surface area contributed by atoms with Gasteiger partial charge in [-0.3, -0.25) is 4.79 Å². The Hall–Kier alpha value is -1.26. The minimum atomic E-state index is 0. The van der Waals surface area contributed by atoms with Crippen LogP contribution in [0, 0.1) is 17.8 Å². The van der Waals surface area contributed by atoms with Crippen molar-refractivity contribution in [1.29, 1.82) is 0 Å². The number of fused-ring (bicyclic) bond motifs is 2. The summed E-state index contributed by atoms with van der Waals surface area (Å²) in [7, 11) is 1.70. The van der Waals surface area contributed by atoms with Crippen molar-refractivity contribution >= 4 is 18.3 Å². The average Bonchev–Trinajstić information content (AvgIpc) is 3.24. The fraction of sp³-hybridized carbons (Fsp3) is 0.650. The van der Waals surface area contributed by atoms with E-state index in [1.807, 2.05) is 18.2 Å². The van der Waals surface area contributed by atoms with Gasteiger partial charge in [-0.05, 0) is 43.1 Å². The molecule has 5 heteroatoms. The number of rotatable bonds is 4. The van der Waals surface area contributed by atoms with Crippen LogP contribution in [0.2, 0.25) is 0 Å². The molecule has 4 nitrogen and oxygen atoms in total. The monoisotopic (exact) mass is 364 g/mol. The minimum absolute atomic E-state index is 0. The van der Waals surface area contributed by atoms with E-state index in [9.17, 15) is 4.79 Å². The molecule has 2 aliphatic carbocycles. The smallest absolute Gasteiger partial charge is 0.223 e. The van der Waals surface area contributed by atoms with E-state index in [0.717, 1.165) is 49.2 Å². The van der Waals surface area contributed by atoms with E-state index in [2.05, 4.69) is 16.3 Å². The lowest BCUT2D eigenvalue weighted by Gasteiger charge is -2.38. The zero-order valence-corrected chi connectivity index (χ0v) is 15.8. The van der Waals surface area contributed by atoms with Crippen LogP contribution in [-0.2, 0) is 4.79 Å². The van der Waals surface area contributed by atoms with Crippen molar-refractivity contribution in [2.75, 3.05) is 26.7 Å². The van der Waals surface area contributed by atoms with Crippen molar-refractivity contribution in [3.8, 4) is 5.75 Å². The molecule has 25 heavy (non-hydrogen) atoms. The molecule has 3 aliphatic rings. The Morgan fingerprint density at radius 3 is 2.84 bits per heavy atom. The highest BCUT2D eigenvalue weighted by atomic mass is 35.5. The molecule has 4 rings (SSSR count). The van der Waals surface area contributed by atoms with Crippen molar-refractivity contribution in [3.05, 3.63) is 29.8 Å². The van der Waals surface area contributed by atoms with Crippen LogP contribution in [0.15, 0.2) is 24.3 Å². The summed E-state index contributed by atoms with van der Waals surface area (Å²) in [4.78, 5) is 15.2. The lowest BCUT2D eigenvalue weighted by atomic mass is 9.86. The molecule has 1 saturated heterocycles. The summed E-state index contributed by atoms with van der Waals surface area (Å²) >= 11 is 0. The van der Waals surface area contributed by atoms with Gasteiger partial charge in [-0.15, -0.1) is 12.4 Å². The molecule has 3 fully saturated rings. The van der Waals surface area contributed by atoms with Crippen LogP contribution >= 0.6 is 12.4 Å². The molecule has 2 bridgehead atoms. The standard InChI is InChI=1S/C20H28N2O2.ClH/c1-24-19-5-3-2-4-17(19)18-13-21-8-9-22(18)20(23)12-16-11-14-6-7-15(16)10-14;/h2-5,14-16,18,21H,6-13H2,1H3;1H. The minimum Gasteiger partial charge on any atom is -0.496 e. The van der Waals surface area contributed by atoms with Gasteiger partial charge >= 0.3 is 0 Å². The number of carbonyl (C=O) groups is 1. The van der Waals surface area contributed by atoms with Crippen LogP contribution < -0.4 is 10.1 Å². The normalized spacial score (nSPS) is 30.8. The number of piperazine rings is 1. The predicted molar refractivity (Wildman–Crippen MR) is 101 cm³/mol. The largest absolute Gasteiger partial charge is 0.496 e. The third-order valence-electron chi connectivity index (χ3n) is 6.38. The first-order chi connectivity index (χ1) is 11.8. The third kappa shape index (κ3) is 3.65. The van der Waals surface area contributed by atoms with Crippen molar-refractivity contribution in [2.45, 2.75) is 38.1 Å². The molecule has 1 aromatic rings. The maximum atomic E-state index is 13.1. The average molecular weight is 365 g/mol. The Morgan fingerprint density at radius 1 is 1.28 bits per heavy atom. The van der Waals surface area contributed by atoms with E-state index >= 15 is 0 Å². The van der Waals surface area contributed by atoms with Crippen LogP contribution in [0.5, 0.6) is 5.75 Å². The fourth-order valence-corrected chi connectivity index (χ4v) is 5.19. The molecule has 1 N–H and O–H groups in total. The fourth-order valence-electron chi connectivity index (χ4n) is 5.19. The molecular weight excluding hydrogens is 336 g/mol. The quantitative estimate of drug-likeness (QED) is 0.890. The molecule has 0 aromatic heterocycles. The van der Waals surface area contributed by atoms with E-state index in [1.165, 1.54) is 25.7 Å². The molecule has 4 atom stereocenters. The van der Waals surface area contributed by atoms with Crippen LogP contribution in [-0.4, -0.2) is 37.6 Å². The second kappa shape index (κ2) is 7.96. The molecule has 1 aliphatic heterocycles. The summed E-state index contributed by atoms with van der Waals surface area (Å²) in [5.74, 6) is 3.56. The maximum Gasteiger partial charge on any atom is 0.223 e. The summed E-state index contributed by atoms with van der Waals surface area (Å²) in [6.07, 6.45) is 6.14. The van der Waals surface area contributed by atoms with Crippen molar-refractivity contribution in [1.82, 2.24) is 10.2 Å². The molecule has 0 spiro atoms. The van der Waals surface area contributed by atoms with Gasteiger partial charge < -0.3 is 15.0 Å². The Kier molecular flexibility index (Phi) is 5.90. The molecule has 1 amide bonds. The first-order valence-corrected chi connectivity index (χ1v) is 9.39. The van der Waals surface area contributed by atoms with Crippen LogP contribution in [0.4, 0.5) is 0 Å². The van der Waals surface area contributed by atoms with Gasteiger partial charge in [-0.1, -0.05) is 24.6 Å². The zero-order valence-electron chi connectivity index (χ0n) is 14.9. The highest BCUT2D eigenvalue weighted by Crippen LogP contribution is 2.49. The second-order valence-corrected chi connectivity index (χ2v) is 7.69. The van der Waals surface area contributed by atoms with Gasteiger partial charge in [0.15, 0.2) is 0 Å². The van der Waals surface area contributed by atoms with Crippen molar-refractivity contribution < 1.29 is 9.53 Å². The highest BCUT2D eigenvalue weighted by Gasteiger charge is 2.41. The lowest BCUT2D eigenvalue weighted by molar-refractivity contribution is -0.136. The van der Waals surface area contributed by atoms with Crippen LogP contribution in [0.1, 0.15) is 43.7 Å². The third-order valence-corrected chi connectivity index (χ3v) is 6.38. The van der Waals surface area contributed by atoms with Gasteiger partial charge in [0.25, 0.3) is 0 Å². The summed E-state index contributed by atoms with van der Waals surface area (Å²) in [5.41, 5.74) is 1.12. The number of amides is 1. The first kappa shape index (κ1) is 18.5. The molecule has 0 radical (unpaired) electrons. The van der Waals surface area contributed by atoms with Gasteiger partial charge in [0.1, 0.15) is 5.75 Å². The van der Waals surface area contributed by atoms with Gasteiger partial charge in [-0.2, -0.15) is 0 Å². The van der Waals surface area contributed by atoms with E-state index in [1.54, 1.807) is 7.11 Å². The summed E-state index contributed by atoms with van der Waals surface area (Å²) in [6.45, 7) is 2.49. The first-order valence-electron chi connectivity index (χ1n) is 9.39. The zero-order chi connectivity index (χ0) is 16.5. The Balaban J connectivity index is 0.00000182. The topological polar surface area (TPSA) is 41.6 Å². The van der Waals surface area contributed by atoms with Crippen molar-refractivity contribution in [3.63, 3.8) is 0 Å².